The second kappa shape index (κ2) is 10.1. The number of esters is 1. The summed E-state index contributed by atoms with van der Waals surface area (Å²) < 4.78 is 16.6. The average molecular weight is 528 g/mol. The van der Waals surface area contributed by atoms with Gasteiger partial charge in [-0.15, -0.1) is 0 Å². The molecule has 2 aromatic carbocycles. The van der Waals surface area contributed by atoms with Crippen molar-refractivity contribution in [2.24, 2.45) is 0 Å². The maximum Gasteiger partial charge on any atom is 0.308 e. The quantitative estimate of drug-likeness (QED) is 0.240. The van der Waals surface area contributed by atoms with Crippen molar-refractivity contribution < 1.29 is 49.0 Å². The number of hydrogen-bond acceptors (Lipinski definition) is 11. The molecule has 11 nitrogen and oxygen atoms in total. The van der Waals surface area contributed by atoms with Crippen LogP contribution < -0.4 is 14.8 Å². The number of rotatable bonds is 4. The number of phenols is 1. The fourth-order valence-corrected chi connectivity index (χ4v) is 5.33. The SMILES string of the molecule is CC(=O)Oc1ccc2c(c1)C(=O)c1cc(O[C@H]3O[C@@H](C)[C@@H](O)[C@@H](O)[C@H]3O)c(C3CCNCC3)c(O)c1C2=O. The van der Waals surface area contributed by atoms with Crippen LogP contribution in [-0.4, -0.2) is 81.8 Å². The van der Waals surface area contributed by atoms with Gasteiger partial charge in [0.2, 0.25) is 6.29 Å². The molecule has 5 N–H and O–H groups in total. The lowest BCUT2D eigenvalue weighted by atomic mass is 9.79. The monoisotopic (exact) mass is 527 g/mol. The standard InChI is InChI=1S/C27H29NO10/c1-11-21(30)25(34)26(35)27(36-11)38-18-10-17-20(24(33)19(18)13-5-7-28-8-6-13)23(32)15-4-3-14(37-12(2)29)9-16(15)22(17)31/h3-4,9-11,13,21,25-28,30,33-35H,5-8H2,1-2H3/t11-,21+,25+,26+,27+/m0/s1. The molecule has 3 aliphatic rings. The minimum Gasteiger partial charge on any atom is -0.507 e. The van der Waals surface area contributed by atoms with E-state index in [1.807, 2.05) is 0 Å². The number of benzene rings is 2. The van der Waals surface area contributed by atoms with Gasteiger partial charge in [-0.05, 0) is 63.0 Å². The van der Waals surface area contributed by atoms with Crippen LogP contribution in [0.3, 0.4) is 0 Å². The average Bonchev–Trinajstić information content (AvgIpc) is 2.89. The predicted octanol–water partition coefficient (Wildman–Crippen LogP) is 0.766. The smallest absolute Gasteiger partial charge is 0.308 e. The molecule has 0 saturated carbocycles. The fraction of sp³-hybridized carbons (Fsp3) is 0.444. The molecular formula is C27H29NO10. The Balaban J connectivity index is 1.62. The summed E-state index contributed by atoms with van der Waals surface area (Å²) >= 11 is 0. The zero-order chi connectivity index (χ0) is 27.3. The van der Waals surface area contributed by atoms with Gasteiger partial charge in [0.15, 0.2) is 11.6 Å². The lowest BCUT2D eigenvalue weighted by Crippen LogP contribution is -2.58. The number of nitrogens with one attached hydrogen (secondary N) is 1. The number of aliphatic hydroxyl groups is 3. The van der Waals surface area contributed by atoms with Crippen molar-refractivity contribution in [1.82, 2.24) is 5.32 Å². The number of ketones is 2. The van der Waals surface area contributed by atoms with E-state index in [0.717, 1.165) is 0 Å². The number of phenolic OH excluding ortho intramolecular Hbond substituents is 1. The molecule has 0 aromatic heterocycles. The lowest BCUT2D eigenvalue weighted by molar-refractivity contribution is -0.268. The first-order chi connectivity index (χ1) is 18.1. The molecule has 1 aliphatic carbocycles. The highest BCUT2D eigenvalue weighted by atomic mass is 16.7. The van der Waals surface area contributed by atoms with E-state index < -0.39 is 54.0 Å². The first-order valence-electron chi connectivity index (χ1n) is 12.5. The normalized spacial score (nSPS) is 27.4. The number of aromatic hydroxyl groups is 1. The molecule has 2 aliphatic heterocycles. The summed E-state index contributed by atoms with van der Waals surface area (Å²) in [6.45, 7) is 4.03. The van der Waals surface area contributed by atoms with Gasteiger partial charge in [-0.25, -0.2) is 0 Å². The van der Waals surface area contributed by atoms with Gasteiger partial charge in [-0.3, -0.25) is 14.4 Å². The summed E-state index contributed by atoms with van der Waals surface area (Å²) in [5, 5.41) is 45.5. The second-order valence-electron chi connectivity index (χ2n) is 9.84. The van der Waals surface area contributed by atoms with Gasteiger partial charge in [-0.1, -0.05) is 0 Å². The molecule has 2 saturated heterocycles. The molecule has 2 heterocycles. The van der Waals surface area contributed by atoms with Crippen molar-refractivity contribution in [2.45, 2.75) is 63.3 Å². The molecule has 202 valence electrons. The van der Waals surface area contributed by atoms with Crippen LogP contribution in [0.5, 0.6) is 17.2 Å². The van der Waals surface area contributed by atoms with E-state index in [0.29, 0.717) is 31.5 Å². The number of carbonyl (C=O) groups is 3. The Bertz CT molecular complexity index is 1300. The van der Waals surface area contributed by atoms with E-state index in [4.69, 9.17) is 14.2 Å². The van der Waals surface area contributed by atoms with E-state index in [9.17, 15) is 34.8 Å². The van der Waals surface area contributed by atoms with Gasteiger partial charge in [0.05, 0.1) is 11.7 Å². The van der Waals surface area contributed by atoms with E-state index in [-0.39, 0.29) is 39.7 Å². The van der Waals surface area contributed by atoms with E-state index in [1.165, 1.54) is 38.1 Å². The number of fused-ring (bicyclic) bond motifs is 2. The lowest BCUT2D eigenvalue weighted by Gasteiger charge is -2.39. The molecule has 38 heavy (non-hydrogen) atoms. The summed E-state index contributed by atoms with van der Waals surface area (Å²) in [5.74, 6) is -2.26. The number of piperidine rings is 1. The Kier molecular flexibility index (Phi) is 6.97. The van der Waals surface area contributed by atoms with Crippen LogP contribution in [0, 0.1) is 0 Å². The molecule has 5 rings (SSSR count). The van der Waals surface area contributed by atoms with Crippen molar-refractivity contribution in [1.29, 1.82) is 0 Å². The van der Waals surface area contributed by atoms with Crippen molar-refractivity contribution in [3.05, 3.63) is 52.1 Å². The van der Waals surface area contributed by atoms with Gasteiger partial charge < -0.3 is 40.0 Å². The second-order valence-corrected chi connectivity index (χ2v) is 9.84. The molecule has 0 unspecified atom stereocenters. The van der Waals surface area contributed by atoms with Crippen LogP contribution in [0.1, 0.15) is 70.0 Å². The Hall–Kier alpha value is -3.35. The van der Waals surface area contributed by atoms with Crippen LogP contribution in [0.4, 0.5) is 0 Å². The number of ether oxygens (including phenoxy) is 3. The van der Waals surface area contributed by atoms with Gasteiger partial charge >= 0.3 is 5.97 Å². The highest BCUT2D eigenvalue weighted by Gasteiger charge is 2.44. The maximum absolute atomic E-state index is 13.6. The van der Waals surface area contributed by atoms with E-state index in [1.54, 1.807) is 0 Å². The zero-order valence-electron chi connectivity index (χ0n) is 20.8. The third-order valence-electron chi connectivity index (χ3n) is 7.31. The zero-order valence-corrected chi connectivity index (χ0v) is 20.8. The van der Waals surface area contributed by atoms with Crippen LogP contribution >= 0.6 is 0 Å². The van der Waals surface area contributed by atoms with Crippen LogP contribution in [0.15, 0.2) is 24.3 Å². The van der Waals surface area contributed by atoms with Gasteiger partial charge in [0.1, 0.15) is 35.6 Å². The van der Waals surface area contributed by atoms with Crippen molar-refractivity contribution >= 4 is 17.5 Å². The molecule has 5 atom stereocenters. The van der Waals surface area contributed by atoms with Gasteiger partial charge in [0, 0.05) is 29.2 Å². The molecule has 2 aromatic rings. The maximum atomic E-state index is 13.6. The highest BCUT2D eigenvalue weighted by Crippen LogP contribution is 2.46. The largest absolute Gasteiger partial charge is 0.507 e. The molecular weight excluding hydrogens is 498 g/mol. The van der Waals surface area contributed by atoms with Crippen LogP contribution in [0.2, 0.25) is 0 Å². The first-order valence-corrected chi connectivity index (χ1v) is 12.5. The molecule has 0 amide bonds. The highest BCUT2D eigenvalue weighted by molar-refractivity contribution is 6.29. The molecule has 0 bridgehead atoms. The van der Waals surface area contributed by atoms with Crippen molar-refractivity contribution in [3.8, 4) is 17.2 Å². The number of carbonyl (C=O) groups excluding carboxylic acids is 3. The first kappa shape index (κ1) is 26.3. The Morgan fingerprint density at radius 1 is 0.974 bits per heavy atom. The summed E-state index contributed by atoms with van der Waals surface area (Å²) in [6.07, 6.45) is -5.58. The number of hydrogen-bond donors (Lipinski definition) is 5. The summed E-state index contributed by atoms with van der Waals surface area (Å²) in [6, 6.07) is 5.42. The topological polar surface area (TPSA) is 172 Å². The van der Waals surface area contributed by atoms with Crippen LogP contribution in [0.25, 0.3) is 0 Å². The molecule has 0 radical (unpaired) electrons. The summed E-state index contributed by atoms with van der Waals surface area (Å²) in [5.41, 5.74) is 0.0949. The van der Waals surface area contributed by atoms with Gasteiger partial charge in [0.25, 0.3) is 0 Å². The third-order valence-corrected chi connectivity index (χ3v) is 7.31. The minimum atomic E-state index is -1.62. The Morgan fingerprint density at radius 3 is 2.37 bits per heavy atom. The van der Waals surface area contributed by atoms with Crippen molar-refractivity contribution in [2.75, 3.05) is 13.1 Å². The minimum absolute atomic E-state index is 0.00216. The molecule has 11 heteroatoms. The summed E-state index contributed by atoms with van der Waals surface area (Å²) in [4.78, 5) is 38.5. The van der Waals surface area contributed by atoms with Crippen molar-refractivity contribution in [3.63, 3.8) is 0 Å². The predicted molar refractivity (Wildman–Crippen MR) is 131 cm³/mol. The number of aliphatic hydroxyl groups excluding tert-OH is 3. The van der Waals surface area contributed by atoms with E-state index in [2.05, 4.69) is 5.32 Å². The van der Waals surface area contributed by atoms with Gasteiger partial charge in [-0.2, -0.15) is 0 Å². The summed E-state index contributed by atoms with van der Waals surface area (Å²) in [7, 11) is 0. The van der Waals surface area contributed by atoms with E-state index >= 15 is 0 Å². The third kappa shape index (κ3) is 4.46. The fourth-order valence-electron chi connectivity index (χ4n) is 5.33. The molecule has 0 spiro atoms. The Labute approximate surface area is 217 Å². The van der Waals surface area contributed by atoms with Crippen LogP contribution in [-0.2, 0) is 9.53 Å². The Morgan fingerprint density at radius 2 is 1.68 bits per heavy atom. The molecule has 2 fully saturated rings.